The largest absolute Gasteiger partial charge is 0.363 e. The van der Waals surface area contributed by atoms with Gasteiger partial charge in [-0.3, -0.25) is 10.1 Å². The fourth-order valence-electron chi connectivity index (χ4n) is 3.39. The van der Waals surface area contributed by atoms with E-state index in [0.29, 0.717) is 18.4 Å². The zero-order valence-corrected chi connectivity index (χ0v) is 11.0. The zero-order valence-electron chi connectivity index (χ0n) is 11.0. The lowest BCUT2D eigenvalue weighted by molar-refractivity contribution is -0.385. The lowest BCUT2D eigenvalue weighted by Crippen LogP contribution is -2.34. The average molecular weight is 283 g/mol. The molecule has 0 aromatic heterocycles. The highest BCUT2D eigenvalue weighted by atomic mass is 19.1. The van der Waals surface area contributed by atoms with Crippen LogP contribution in [-0.4, -0.2) is 30.6 Å². The molecule has 2 saturated heterocycles. The normalized spacial score (nSPS) is 28.8. The number of hydrogen-bond donors (Lipinski definition) is 1. The van der Waals surface area contributed by atoms with E-state index < -0.39 is 22.2 Å². The van der Waals surface area contributed by atoms with Crippen LogP contribution in [0.5, 0.6) is 0 Å². The first-order chi connectivity index (χ1) is 9.49. The summed E-state index contributed by atoms with van der Waals surface area (Å²) >= 11 is 0. The maximum absolute atomic E-state index is 14.1. The number of nitro groups is 1. The van der Waals surface area contributed by atoms with Gasteiger partial charge in [-0.25, -0.2) is 8.78 Å². The van der Waals surface area contributed by atoms with E-state index in [1.54, 1.807) is 4.90 Å². The van der Waals surface area contributed by atoms with Gasteiger partial charge in [-0.2, -0.15) is 0 Å². The van der Waals surface area contributed by atoms with Crippen LogP contribution in [0.2, 0.25) is 0 Å². The quantitative estimate of drug-likeness (QED) is 0.665. The van der Waals surface area contributed by atoms with Gasteiger partial charge in [-0.1, -0.05) is 0 Å². The molecule has 20 heavy (non-hydrogen) atoms. The van der Waals surface area contributed by atoms with Gasteiger partial charge in [0.25, 0.3) is 5.69 Å². The van der Waals surface area contributed by atoms with Gasteiger partial charge in [-0.05, 0) is 18.8 Å². The Hall–Kier alpha value is -1.76. The summed E-state index contributed by atoms with van der Waals surface area (Å²) in [4.78, 5) is 11.5. The van der Waals surface area contributed by atoms with Crippen molar-refractivity contribution in [3.8, 4) is 0 Å². The van der Waals surface area contributed by atoms with Crippen LogP contribution in [0.1, 0.15) is 6.92 Å². The standard InChI is InChI=1S/C13H15F2N3O2/c1-7-10-5-16-4-8(10)6-17(7)13-11(14)2-9(18(19)20)3-12(13)15/h2-3,7-8,10,16H,4-6H2,1H3. The van der Waals surface area contributed by atoms with Crippen molar-refractivity contribution < 1.29 is 13.7 Å². The zero-order chi connectivity index (χ0) is 14.4. The summed E-state index contributed by atoms with van der Waals surface area (Å²) in [6, 6.07) is 1.59. The summed E-state index contributed by atoms with van der Waals surface area (Å²) in [5.74, 6) is -0.990. The smallest absolute Gasteiger partial charge is 0.275 e. The van der Waals surface area contributed by atoms with Gasteiger partial charge in [-0.15, -0.1) is 0 Å². The fourth-order valence-corrected chi connectivity index (χ4v) is 3.39. The van der Waals surface area contributed by atoms with Crippen molar-refractivity contribution in [3.63, 3.8) is 0 Å². The van der Waals surface area contributed by atoms with Gasteiger partial charge in [0.2, 0.25) is 0 Å². The Labute approximate surface area is 114 Å². The number of hydrogen-bond acceptors (Lipinski definition) is 4. The Morgan fingerprint density at radius 3 is 2.55 bits per heavy atom. The lowest BCUT2D eigenvalue weighted by atomic mass is 9.95. The van der Waals surface area contributed by atoms with E-state index in [9.17, 15) is 18.9 Å². The molecule has 0 amide bonds. The van der Waals surface area contributed by atoms with Crippen molar-refractivity contribution in [1.82, 2.24) is 5.32 Å². The third-order valence-corrected chi connectivity index (χ3v) is 4.43. The first-order valence-corrected chi connectivity index (χ1v) is 6.60. The summed E-state index contributed by atoms with van der Waals surface area (Å²) in [5.41, 5.74) is -0.699. The topological polar surface area (TPSA) is 58.4 Å². The number of fused-ring (bicyclic) bond motifs is 1. The van der Waals surface area contributed by atoms with E-state index in [-0.39, 0.29) is 11.7 Å². The lowest BCUT2D eigenvalue weighted by Gasteiger charge is -2.27. The molecule has 1 N–H and O–H groups in total. The van der Waals surface area contributed by atoms with Gasteiger partial charge in [0.1, 0.15) is 5.69 Å². The van der Waals surface area contributed by atoms with Gasteiger partial charge in [0, 0.05) is 25.7 Å². The van der Waals surface area contributed by atoms with Crippen LogP contribution < -0.4 is 10.2 Å². The third kappa shape index (κ3) is 1.93. The molecule has 0 radical (unpaired) electrons. The molecule has 108 valence electrons. The Morgan fingerprint density at radius 2 is 2.00 bits per heavy atom. The van der Waals surface area contributed by atoms with Crippen molar-refractivity contribution in [2.45, 2.75) is 13.0 Å². The Morgan fingerprint density at radius 1 is 1.35 bits per heavy atom. The minimum Gasteiger partial charge on any atom is -0.363 e. The molecule has 2 heterocycles. The number of nitrogens with one attached hydrogen (secondary N) is 1. The molecule has 5 nitrogen and oxygen atoms in total. The van der Waals surface area contributed by atoms with Crippen LogP contribution in [0, 0.1) is 33.6 Å². The second kappa shape index (κ2) is 4.66. The van der Waals surface area contributed by atoms with Crippen LogP contribution in [0.15, 0.2) is 12.1 Å². The first kappa shape index (κ1) is 13.2. The predicted octanol–water partition coefficient (Wildman–Crippen LogP) is 1.92. The minimum absolute atomic E-state index is 0.0143. The highest BCUT2D eigenvalue weighted by molar-refractivity contribution is 5.55. The molecule has 1 aromatic rings. The minimum atomic E-state index is -0.864. The number of halogens is 2. The van der Waals surface area contributed by atoms with Crippen LogP contribution in [0.3, 0.4) is 0 Å². The predicted molar refractivity (Wildman–Crippen MR) is 69.7 cm³/mol. The number of benzene rings is 1. The number of rotatable bonds is 2. The highest BCUT2D eigenvalue weighted by Crippen LogP contribution is 2.39. The Kier molecular flexibility index (Phi) is 3.08. The van der Waals surface area contributed by atoms with E-state index in [4.69, 9.17) is 0 Å². The van der Waals surface area contributed by atoms with E-state index >= 15 is 0 Å². The van der Waals surface area contributed by atoms with Crippen LogP contribution >= 0.6 is 0 Å². The van der Waals surface area contributed by atoms with Crippen molar-refractivity contribution >= 4 is 11.4 Å². The molecular formula is C13H15F2N3O2. The summed E-state index contributed by atoms with van der Waals surface area (Å²) < 4.78 is 28.1. The molecule has 0 aliphatic carbocycles. The van der Waals surface area contributed by atoms with Crippen molar-refractivity contribution in [2.75, 3.05) is 24.5 Å². The van der Waals surface area contributed by atoms with E-state index in [1.807, 2.05) is 6.92 Å². The molecule has 7 heteroatoms. The number of anilines is 1. The Balaban J connectivity index is 1.97. The van der Waals surface area contributed by atoms with E-state index in [1.165, 1.54) is 0 Å². The monoisotopic (exact) mass is 283 g/mol. The Bertz CT molecular complexity index is 544. The average Bonchev–Trinajstić information content (AvgIpc) is 2.93. The summed E-state index contributed by atoms with van der Waals surface area (Å²) in [5, 5.41) is 13.9. The second-order valence-electron chi connectivity index (χ2n) is 5.49. The molecule has 3 rings (SSSR count). The summed E-state index contributed by atoms with van der Waals surface area (Å²) in [7, 11) is 0. The molecule has 0 saturated carbocycles. The molecule has 0 bridgehead atoms. The van der Waals surface area contributed by atoms with Crippen molar-refractivity contribution in [1.29, 1.82) is 0 Å². The van der Waals surface area contributed by atoms with Crippen LogP contribution in [0.25, 0.3) is 0 Å². The summed E-state index contributed by atoms with van der Waals surface area (Å²) in [6.07, 6.45) is 0. The second-order valence-corrected chi connectivity index (χ2v) is 5.49. The van der Waals surface area contributed by atoms with Crippen molar-refractivity contribution in [2.24, 2.45) is 11.8 Å². The third-order valence-electron chi connectivity index (χ3n) is 4.43. The maximum atomic E-state index is 14.1. The van der Waals surface area contributed by atoms with Gasteiger partial charge in [0.15, 0.2) is 11.6 Å². The maximum Gasteiger partial charge on any atom is 0.275 e. The SMILES string of the molecule is CC1C2CNCC2CN1c1c(F)cc([N+](=O)[O-])cc1F. The molecule has 3 atom stereocenters. The number of nitro benzene ring substituents is 1. The highest BCUT2D eigenvalue weighted by Gasteiger charge is 2.43. The van der Waals surface area contributed by atoms with E-state index in [0.717, 1.165) is 25.2 Å². The number of nitrogens with zero attached hydrogens (tertiary/aromatic N) is 2. The molecular weight excluding hydrogens is 268 g/mol. The first-order valence-electron chi connectivity index (χ1n) is 6.60. The van der Waals surface area contributed by atoms with Gasteiger partial charge >= 0.3 is 0 Å². The molecule has 2 aliphatic heterocycles. The molecule has 2 aliphatic rings. The molecule has 3 unspecified atom stereocenters. The van der Waals surface area contributed by atoms with Crippen LogP contribution in [0.4, 0.5) is 20.2 Å². The molecule has 0 spiro atoms. The van der Waals surface area contributed by atoms with E-state index in [2.05, 4.69) is 5.32 Å². The molecule has 2 fully saturated rings. The fraction of sp³-hybridized carbons (Fsp3) is 0.538. The number of non-ortho nitro benzene ring substituents is 1. The van der Waals surface area contributed by atoms with Gasteiger partial charge in [0.05, 0.1) is 17.1 Å². The van der Waals surface area contributed by atoms with Crippen molar-refractivity contribution in [3.05, 3.63) is 33.9 Å². The van der Waals surface area contributed by atoms with Crippen LogP contribution in [-0.2, 0) is 0 Å². The molecule has 1 aromatic carbocycles. The van der Waals surface area contributed by atoms with Gasteiger partial charge < -0.3 is 10.2 Å². The summed E-state index contributed by atoms with van der Waals surface area (Å²) in [6.45, 7) is 4.21.